The normalized spacial score (nSPS) is 11.7. The van der Waals surface area contributed by atoms with E-state index in [1.807, 2.05) is 0 Å². The summed E-state index contributed by atoms with van der Waals surface area (Å²) in [6, 6.07) is 4.49. The molecular formula is C63H108O6. The molecule has 0 spiro atoms. The summed E-state index contributed by atoms with van der Waals surface area (Å²) in [5.74, 6) is -1.70. The molecule has 0 aromatic heterocycles. The summed E-state index contributed by atoms with van der Waals surface area (Å²) >= 11 is 0. The van der Waals surface area contributed by atoms with Gasteiger partial charge in [0.05, 0.1) is 36.5 Å². The molecule has 0 radical (unpaired) electrons. The first-order valence-electron chi connectivity index (χ1n) is 29.6. The summed E-state index contributed by atoms with van der Waals surface area (Å²) in [6.45, 7) is 7.63. The third kappa shape index (κ3) is 41.2. The Morgan fingerprint density at radius 1 is 0.304 bits per heavy atom. The number of benzene rings is 1. The van der Waals surface area contributed by atoms with E-state index in [-0.39, 0.29) is 29.9 Å². The van der Waals surface area contributed by atoms with Gasteiger partial charge in [-0.05, 0) is 115 Å². The van der Waals surface area contributed by atoms with Crippen LogP contribution in [0.1, 0.15) is 322 Å². The molecule has 6 nitrogen and oxygen atoms in total. The zero-order valence-corrected chi connectivity index (χ0v) is 45.5. The lowest BCUT2D eigenvalue weighted by atomic mass is 10.0. The fourth-order valence-corrected chi connectivity index (χ4v) is 8.80. The third-order valence-corrected chi connectivity index (χ3v) is 13.4. The fourth-order valence-electron chi connectivity index (χ4n) is 8.80. The Labute approximate surface area is 426 Å². The highest BCUT2D eigenvalue weighted by molar-refractivity contribution is 6.05. The van der Waals surface area contributed by atoms with E-state index < -0.39 is 17.9 Å². The second-order valence-corrected chi connectivity index (χ2v) is 20.0. The summed E-state index contributed by atoms with van der Waals surface area (Å²) in [4.78, 5) is 39.9. The highest BCUT2D eigenvalue weighted by Gasteiger charge is 2.22. The molecule has 1 rings (SSSR count). The van der Waals surface area contributed by atoms with Crippen molar-refractivity contribution in [3.63, 3.8) is 0 Å². The molecule has 0 atom stereocenters. The Morgan fingerprint density at radius 2 is 0.551 bits per heavy atom. The van der Waals surface area contributed by atoms with E-state index in [1.165, 1.54) is 205 Å². The zero-order valence-electron chi connectivity index (χ0n) is 45.5. The first kappa shape index (κ1) is 63.9. The highest BCUT2D eigenvalue weighted by Crippen LogP contribution is 2.19. The van der Waals surface area contributed by atoms with E-state index in [0.717, 1.165) is 77.0 Å². The summed E-state index contributed by atoms with van der Waals surface area (Å²) in [6.07, 6.45) is 65.4. The van der Waals surface area contributed by atoms with E-state index in [9.17, 15) is 14.4 Å². The molecule has 1 aromatic rings. The summed E-state index contributed by atoms with van der Waals surface area (Å²) < 4.78 is 16.9. The number of unbranched alkanes of at least 4 members (excludes halogenated alkanes) is 36. The monoisotopic (exact) mass is 961 g/mol. The van der Waals surface area contributed by atoms with Crippen LogP contribution in [0.4, 0.5) is 0 Å². The Morgan fingerprint density at radius 3 is 0.855 bits per heavy atom. The van der Waals surface area contributed by atoms with Crippen LogP contribution in [0.5, 0.6) is 0 Å². The predicted octanol–water partition coefficient (Wildman–Crippen LogP) is 20.3. The number of ether oxygens (including phenoxy) is 3. The summed E-state index contributed by atoms with van der Waals surface area (Å²) in [5, 5.41) is 0. The minimum absolute atomic E-state index is 0.0493. The number of rotatable bonds is 51. The van der Waals surface area contributed by atoms with Crippen molar-refractivity contribution in [3.05, 3.63) is 71.3 Å². The SMILES string of the molecule is CCCCCCCCCCCC/C=C/CCCCOC(=O)c1ccc(C(=O)OCCCC/C=C/CCCCCCCCCCCC)c(C(=O)OCCCC/C=C/CCCCCCCCCCCC)c1. The van der Waals surface area contributed by atoms with Crippen LogP contribution in [-0.4, -0.2) is 37.7 Å². The molecule has 0 saturated heterocycles. The van der Waals surface area contributed by atoms with Crippen LogP contribution in [0.2, 0.25) is 0 Å². The number of hydrogen-bond donors (Lipinski definition) is 0. The summed E-state index contributed by atoms with van der Waals surface area (Å²) in [7, 11) is 0. The largest absolute Gasteiger partial charge is 0.462 e. The standard InChI is InChI=1S/C63H108O6/c1-4-7-10-13-16-19-22-25-28-31-34-37-40-43-46-49-54-67-61(64)58-52-53-59(62(65)68-55-50-47-44-41-38-35-32-29-26-23-20-17-14-11-8-5-2)60(57-58)63(66)69-56-51-48-45-42-39-36-33-30-27-24-21-18-15-12-9-6-3/h37-42,52-53,57H,4-36,43-51,54-56H2,1-3H3/b40-37+,41-38+,42-39+. The van der Waals surface area contributed by atoms with Crippen molar-refractivity contribution in [3.8, 4) is 0 Å². The molecule has 0 fully saturated rings. The van der Waals surface area contributed by atoms with Crippen molar-refractivity contribution in [1.82, 2.24) is 0 Å². The van der Waals surface area contributed by atoms with E-state index in [4.69, 9.17) is 14.2 Å². The quantitative estimate of drug-likeness (QED) is 0.0280. The van der Waals surface area contributed by atoms with Gasteiger partial charge in [0.25, 0.3) is 0 Å². The molecule has 0 amide bonds. The molecule has 0 saturated carbocycles. The van der Waals surface area contributed by atoms with Crippen molar-refractivity contribution in [2.45, 2.75) is 290 Å². The zero-order chi connectivity index (χ0) is 49.8. The predicted molar refractivity (Wildman–Crippen MR) is 296 cm³/mol. The first-order chi connectivity index (χ1) is 34.0. The second-order valence-electron chi connectivity index (χ2n) is 20.0. The van der Waals surface area contributed by atoms with E-state index in [1.54, 1.807) is 6.07 Å². The van der Waals surface area contributed by atoms with Gasteiger partial charge in [-0.15, -0.1) is 0 Å². The van der Waals surface area contributed by atoms with Crippen LogP contribution in [0.15, 0.2) is 54.7 Å². The number of carbonyl (C=O) groups excluding carboxylic acids is 3. The Hall–Kier alpha value is -3.15. The molecule has 0 N–H and O–H groups in total. The molecule has 396 valence electrons. The van der Waals surface area contributed by atoms with Crippen LogP contribution in [0, 0.1) is 0 Å². The highest BCUT2D eigenvalue weighted by atomic mass is 16.5. The minimum Gasteiger partial charge on any atom is -0.462 e. The number of esters is 3. The van der Waals surface area contributed by atoms with Gasteiger partial charge in [0, 0.05) is 0 Å². The van der Waals surface area contributed by atoms with Gasteiger partial charge >= 0.3 is 17.9 Å². The van der Waals surface area contributed by atoms with Crippen LogP contribution in [0.3, 0.4) is 0 Å². The van der Waals surface area contributed by atoms with Gasteiger partial charge < -0.3 is 14.2 Å². The van der Waals surface area contributed by atoms with Crippen LogP contribution in [0.25, 0.3) is 0 Å². The molecule has 69 heavy (non-hydrogen) atoms. The van der Waals surface area contributed by atoms with E-state index in [0.29, 0.717) is 6.61 Å². The van der Waals surface area contributed by atoms with E-state index in [2.05, 4.69) is 57.2 Å². The molecule has 0 aliphatic rings. The van der Waals surface area contributed by atoms with Gasteiger partial charge in [0.2, 0.25) is 0 Å². The van der Waals surface area contributed by atoms with Crippen molar-refractivity contribution < 1.29 is 28.6 Å². The Balaban J connectivity index is 2.50. The maximum atomic E-state index is 13.5. The lowest BCUT2D eigenvalue weighted by Crippen LogP contribution is -2.17. The third-order valence-electron chi connectivity index (χ3n) is 13.4. The van der Waals surface area contributed by atoms with Gasteiger partial charge in [-0.3, -0.25) is 0 Å². The maximum absolute atomic E-state index is 13.5. The van der Waals surface area contributed by atoms with Crippen molar-refractivity contribution in [2.24, 2.45) is 0 Å². The smallest absolute Gasteiger partial charge is 0.339 e. The van der Waals surface area contributed by atoms with Crippen LogP contribution in [-0.2, 0) is 14.2 Å². The fraction of sp³-hybridized carbons (Fsp3) is 0.762. The van der Waals surface area contributed by atoms with Crippen molar-refractivity contribution >= 4 is 17.9 Å². The lowest BCUT2D eigenvalue weighted by molar-refractivity contribution is 0.0448. The molecule has 6 heteroatoms. The maximum Gasteiger partial charge on any atom is 0.339 e. The Bertz CT molecular complexity index is 1410. The minimum atomic E-state index is -0.620. The molecular weight excluding hydrogens is 853 g/mol. The van der Waals surface area contributed by atoms with Gasteiger partial charge in [-0.1, -0.05) is 231 Å². The molecule has 0 aliphatic heterocycles. The number of allylic oxidation sites excluding steroid dienone is 6. The molecule has 0 aliphatic carbocycles. The average molecular weight is 962 g/mol. The van der Waals surface area contributed by atoms with Crippen molar-refractivity contribution in [2.75, 3.05) is 19.8 Å². The number of hydrogen-bond acceptors (Lipinski definition) is 6. The van der Waals surface area contributed by atoms with Crippen LogP contribution < -0.4 is 0 Å². The van der Waals surface area contributed by atoms with Gasteiger partial charge in [-0.2, -0.15) is 0 Å². The topological polar surface area (TPSA) is 78.9 Å². The first-order valence-corrected chi connectivity index (χ1v) is 29.6. The average Bonchev–Trinajstić information content (AvgIpc) is 3.36. The lowest BCUT2D eigenvalue weighted by Gasteiger charge is -2.12. The Kier molecular flexibility index (Phi) is 47.4. The van der Waals surface area contributed by atoms with E-state index >= 15 is 0 Å². The van der Waals surface area contributed by atoms with Crippen molar-refractivity contribution in [1.29, 1.82) is 0 Å². The van der Waals surface area contributed by atoms with Gasteiger partial charge in [0.15, 0.2) is 0 Å². The molecule has 0 heterocycles. The molecule has 0 bridgehead atoms. The van der Waals surface area contributed by atoms with Crippen LogP contribution >= 0.6 is 0 Å². The summed E-state index contributed by atoms with van der Waals surface area (Å²) in [5.41, 5.74) is 0.396. The second kappa shape index (κ2) is 51.2. The number of carbonyl (C=O) groups is 3. The van der Waals surface area contributed by atoms with Gasteiger partial charge in [0.1, 0.15) is 0 Å². The van der Waals surface area contributed by atoms with Gasteiger partial charge in [-0.25, -0.2) is 14.4 Å². The molecule has 0 unspecified atom stereocenters. The molecule has 1 aromatic carbocycles.